The van der Waals surface area contributed by atoms with Gasteiger partial charge >= 0.3 is 101 Å². The molecule has 0 aliphatic carbocycles. The van der Waals surface area contributed by atoms with Crippen molar-refractivity contribution in [3.8, 4) is 0 Å². The van der Waals surface area contributed by atoms with E-state index in [4.69, 9.17) is 118 Å². The fourth-order valence-corrected chi connectivity index (χ4v) is 13.4. The molecule has 0 bridgehead atoms. The number of hydrogen-bond acceptors (Lipinski definition) is 45. The molecule has 20 atom stereocenters. The Morgan fingerprint density at radius 1 is 0.256 bits per heavy atom. The number of nitrogens with zero attached hydrogens (tertiary/aromatic N) is 3. The Labute approximate surface area is 739 Å². The van der Waals surface area contributed by atoms with Crippen molar-refractivity contribution in [2.75, 3.05) is 92.1 Å². The van der Waals surface area contributed by atoms with E-state index in [9.17, 15) is 81.5 Å². The van der Waals surface area contributed by atoms with Crippen LogP contribution >= 0.6 is 0 Å². The summed E-state index contributed by atoms with van der Waals surface area (Å²) >= 11 is 0. The topological polar surface area (TPSA) is 582 Å². The van der Waals surface area contributed by atoms with Gasteiger partial charge in [-0.1, -0.05) is 30.3 Å². The molecule has 4 aliphatic rings. The van der Waals surface area contributed by atoms with Gasteiger partial charge in [-0.3, -0.25) is 95.9 Å². The summed E-state index contributed by atoms with van der Waals surface area (Å²) in [4.78, 5) is 265. The molecule has 0 aromatic heterocycles. The van der Waals surface area contributed by atoms with E-state index in [1.165, 1.54) is 0 Å². The third-order valence-electron chi connectivity index (χ3n) is 18.3. The zero-order chi connectivity index (χ0) is 96.1. The van der Waals surface area contributed by atoms with Crippen LogP contribution in [0.1, 0.15) is 142 Å². The summed E-state index contributed by atoms with van der Waals surface area (Å²) in [5.74, 6) is -19.6. The van der Waals surface area contributed by atoms with Crippen LogP contribution in [0, 0.1) is 0 Å². The monoisotopic (exact) mass is 1850 g/mol. The van der Waals surface area contributed by atoms with E-state index in [2.05, 4.69) is 0 Å². The number of esters is 17. The molecule has 129 heavy (non-hydrogen) atoms. The number of ether oxygens (including phenoxy) is 25. The number of unbranched alkanes of at least 4 members (excludes halogenated alkanes) is 1. The smallest absolute Gasteiger partial charge is 0.306 e. The Kier molecular flexibility index (Phi) is 45.1. The highest BCUT2D eigenvalue weighted by atomic mass is 16.8. The molecule has 0 N–H and O–H groups in total. The van der Waals surface area contributed by atoms with Crippen molar-refractivity contribution in [1.29, 1.82) is 0 Å². The lowest BCUT2D eigenvalue weighted by atomic mass is 9.98. The Morgan fingerprint density at radius 3 is 0.713 bits per heavy atom. The molecule has 1 aromatic carbocycles. The summed E-state index contributed by atoms with van der Waals surface area (Å²) in [6.07, 6.45) is -36.1. The molecule has 720 valence electrons. The molecule has 4 aliphatic heterocycles. The average molecular weight is 1850 g/mol. The largest absolute Gasteiger partial charge is 0.463 e. The highest BCUT2D eigenvalue weighted by Gasteiger charge is 2.58. The Bertz CT molecular complexity index is 3640. The van der Waals surface area contributed by atoms with Crippen LogP contribution in [0.3, 0.4) is 0 Å². The van der Waals surface area contributed by atoms with E-state index < -0.39 is 341 Å². The number of benzene rings is 1. The molecular formula is C81H111N3O45. The van der Waals surface area contributed by atoms with Crippen LogP contribution in [0.2, 0.25) is 0 Å². The van der Waals surface area contributed by atoms with Gasteiger partial charge in [0.15, 0.2) is 98.4 Å². The summed E-state index contributed by atoms with van der Waals surface area (Å²) < 4.78 is 142. The molecule has 0 unspecified atom stereocenters. The second kappa shape index (κ2) is 53.9. The van der Waals surface area contributed by atoms with Gasteiger partial charge in [0.05, 0.1) is 26.4 Å². The van der Waals surface area contributed by atoms with Gasteiger partial charge in [-0.05, 0) is 18.4 Å². The Hall–Kier alpha value is -11.7. The van der Waals surface area contributed by atoms with Gasteiger partial charge in [-0.25, -0.2) is 0 Å². The maximum absolute atomic E-state index is 15.7. The maximum atomic E-state index is 15.7. The lowest BCUT2D eigenvalue weighted by molar-refractivity contribution is -0.309. The second-order valence-electron chi connectivity index (χ2n) is 29.1. The molecule has 4 heterocycles. The van der Waals surface area contributed by atoms with Crippen molar-refractivity contribution in [3.63, 3.8) is 0 Å². The summed E-state index contributed by atoms with van der Waals surface area (Å²) in [6, 6.07) is 8.60. The van der Waals surface area contributed by atoms with Crippen molar-refractivity contribution in [2.24, 2.45) is 0 Å². The third-order valence-corrected chi connectivity index (χ3v) is 18.3. The molecule has 0 spiro atoms. The highest BCUT2D eigenvalue weighted by Crippen LogP contribution is 2.35. The Balaban J connectivity index is 1.72. The summed E-state index contributed by atoms with van der Waals surface area (Å²) in [6.45, 7) is 4.44. The van der Waals surface area contributed by atoms with Crippen molar-refractivity contribution >= 4 is 119 Å². The van der Waals surface area contributed by atoms with Crippen LogP contribution in [0.5, 0.6) is 0 Å². The first-order valence-electron chi connectivity index (χ1n) is 40.5. The fourth-order valence-electron chi connectivity index (χ4n) is 13.4. The first-order valence-corrected chi connectivity index (χ1v) is 40.5. The van der Waals surface area contributed by atoms with Gasteiger partial charge in [0.2, 0.25) is 17.7 Å². The average Bonchev–Trinajstić information content (AvgIpc) is 0.800. The molecular weight excluding hydrogens is 1730 g/mol. The van der Waals surface area contributed by atoms with Gasteiger partial charge in [-0.15, -0.1) is 0 Å². The van der Waals surface area contributed by atoms with Crippen molar-refractivity contribution in [3.05, 3.63) is 35.9 Å². The minimum Gasteiger partial charge on any atom is -0.463 e. The van der Waals surface area contributed by atoms with E-state index in [0.29, 0.717) is 5.56 Å². The zero-order valence-corrected chi connectivity index (χ0v) is 74.1. The first kappa shape index (κ1) is 108. The molecule has 4 saturated heterocycles. The van der Waals surface area contributed by atoms with Gasteiger partial charge in [0.25, 0.3) is 0 Å². The standard InChI is InChI=1S/C81H111N3O45/c1-41(85)109-37-58-66(114-45(5)89)70(118-49(9)93)74(122-53(13)97)78(126-58)105-30-26-82(27-31-106-79-75(123-54(14)98)71(119-50(10)94)67(115-46(6)90)59(127-79)38-110-42(2)86)63(102)34-84(62(101)24-20-21-25-65(104)113-36-57-22-18-17-19-23-57)35-64(103)83(28-32-107-80-76(124-55(15)99)72(120-51(11)95)68(116-47(7)91)60(128-80)39-111-43(3)87)29-33-108-81-77(125-56(16)100)73(121-52(12)96)69(117-48(8)92)61(129-81)40-112-44(4)88/h17-19,22-23,58-61,66-81H,20-21,24-40H2,1-16H3/t58-,59-,60-,61-,66-,67-,68-,69-,70+,71+,72+,73+,74+,75+,76+,77+,78+,79+,80+,81+/m1/s1. The minimum absolute atomic E-state index is 0.0479. The Morgan fingerprint density at radius 2 is 0.481 bits per heavy atom. The van der Waals surface area contributed by atoms with Crippen LogP contribution in [-0.4, -0.2) is 349 Å². The molecule has 4 fully saturated rings. The second-order valence-corrected chi connectivity index (χ2v) is 29.1. The third kappa shape index (κ3) is 37.9. The van der Waals surface area contributed by atoms with Crippen LogP contribution in [0.4, 0.5) is 0 Å². The maximum Gasteiger partial charge on any atom is 0.306 e. The van der Waals surface area contributed by atoms with Gasteiger partial charge in [0, 0.05) is 150 Å². The number of carbonyl (C=O) groups excluding carboxylic acids is 20. The summed E-state index contributed by atoms with van der Waals surface area (Å²) in [7, 11) is 0. The normalized spacial score (nSPS) is 25.0. The zero-order valence-electron chi connectivity index (χ0n) is 74.1. The van der Waals surface area contributed by atoms with Crippen LogP contribution < -0.4 is 0 Å². The van der Waals surface area contributed by atoms with E-state index >= 15 is 14.4 Å². The predicted molar refractivity (Wildman–Crippen MR) is 416 cm³/mol. The van der Waals surface area contributed by atoms with E-state index in [-0.39, 0.29) is 25.9 Å². The van der Waals surface area contributed by atoms with E-state index in [0.717, 1.165) is 125 Å². The van der Waals surface area contributed by atoms with Crippen molar-refractivity contribution in [1.82, 2.24) is 14.7 Å². The fraction of sp³-hybridized carbons (Fsp3) is 0.679. The molecule has 1 aromatic rings. The lowest BCUT2D eigenvalue weighted by Crippen LogP contribution is -2.63. The van der Waals surface area contributed by atoms with Gasteiger partial charge in [-0.2, -0.15) is 0 Å². The highest BCUT2D eigenvalue weighted by molar-refractivity contribution is 5.89. The molecule has 48 heteroatoms. The van der Waals surface area contributed by atoms with Crippen LogP contribution in [0.25, 0.3) is 0 Å². The molecule has 0 saturated carbocycles. The van der Waals surface area contributed by atoms with Gasteiger partial charge < -0.3 is 133 Å². The van der Waals surface area contributed by atoms with Crippen molar-refractivity contribution < 1.29 is 214 Å². The summed E-state index contributed by atoms with van der Waals surface area (Å²) in [5.41, 5.74) is 0.646. The number of carbonyl (C=O) groups is 20. The minimum atomic E-state index is -1.90. The molecule has 3 amide bonds. The quantitative estimate of drug-likeness (QED) is 0.0437. The predicted octanol–water partition coefficient (Wildman–Crippen LogP) is -0.825. The van der Waals surface area contributed by atoms with Crippen molar-refractivity contribution in [2.45, 2.75) is 266 Å². The van der Waals surface area contributed by atoms with E-state index in [1.54, 1.807) is 30.3 Å². The molecule has 5 rings (SSSR count). The van der Waals surface area contributed by atoms with Crippen LogP contribution in [0.15, 0.2) is 30.3 Å². The van der Waals surface area contributed by atoms with Gasteiger partial charge in [0.1, 0.15) is 70.5 Å². The lowest BCUT2D eigenvalue weighted by Gasteiger charge is -2.44. The number of amides is 3. The molecule has 48 nitrogen and oxygen atoms in total. The van der Waals surface area contributed by atoms with E-state index in [1.807, 2.05) is 0 Å². The summed E-state index contributed by atoms with van der Waals surface area (Å²) in [5, 5.41) is 0. The first-order chi connectivity index (χ1) is 60.8. The molecule has 0 radical (unpaired) electrons. The number of hydrogen-bond donors (Lipinski definition) is 0. The SMILES string of the molecule is CC(=O)OC[C@H]1O[C@H](OCCN(CCO[C@H]2O[C@H](COC(C)=O)[C@@H](OC(C)=O)[C@H](OC(C)=O)[C@@H]2OC(C)=O)C(=O)CN(CC(=O)N(CCO[C@H]2O[C@H](COC(C)=O)[C@@H](OC(C)=O)[C@H](OC(C)=O)[C@@H]2OC(C)=O)CCO[C@H]2O[C@H](COC(C)=O)[C@@H](OC(C)=O)[C@H](OC(C)=O)[C@@H]2OC(C)=O)C(=O)CCCCC(=O)OCc2ccccc2)[C@@H](OC(C)=O)[C@@H](OC(C)=O)[C@@H]1OC(C)=O. The number of rotatable bonds is 47. The van der Waals surface area contributed by atoms with Crippen LogP contribution in [-0.2, 0) is 221 Å².